The summed E-state index contributed by atoms with van der Waals surface area (Å²) in [7, 11) is 0. The first-order chi connectivity index (χ1) is 8.50. The van der Waals surface area contributed by atoms with Crippen molar-refractivity contribution >= 4 is 5.69 Å². The van der Waals surface area contributed by atoms with Crippen molar-refractivity contribution in [2.45, 2.75) is 44.4 Å². The van der Waals surface area contributed by atoms with Crippen LogP contribution in [0.4, 0.5) is 18.9 Å². The summed E-state index contributed by atoms with van der Waals surface area (Å²) in [4.78, 5) is 0. The third kappa shape index (κ3) is 2.96. The maximum absolute atomic E-state index is 13.0. The Kier molecular flexibility index (Phi) is 3.80. The summed E-state index contributed by atoms with van der Waals surface area (Å²) in [5.74, 6) is 0. The van der Waals surface area contributed by atoms with Gasteiger partial charge in [0, 0.05) is 18.3 Å². The van der Waals surface area contributed by atoms with Gasteiger partial charge in [-0.1, -0.05) is 18.9 Å². The number of hydrogen-bond acceptors (Lipinski definition) is 2. The Bertz CT molecular complexity index is 409. The minimum Gasteiger partial charge on any atom is -0.382 e. The Labute approximate surface area is 104 Å². The van der Waals surface area contributed by atoms with E-state index in [0.29, 0.717) is 5.56 Å². The molecular weight excluding hydrogens is 241 g/mol. The van der Waals surface area contributed by atoms with Crippen molar-refractivity contribution < 1.29 is 13.2 Å². The van der Waals surface area contributed by atoms with Gasteiger partial charge in [-0.05, 0) is 30.5 Å². The molecule has 1 aromatic carbocycles. The molecule has 0 radical (unpaired) electrons. The van der Waals surface area contributed by atoms with Crippen LogP contribution in [0.1, 0.15) is 36.8 Å². The van der Waals surface area contributed by atoms with Crippen LogP contribution in [0.5, 0.6) is 0 Å². The molecule has 1 fully saturated rings. The summed E-state index contributed by atoms with van der Waals surface area (Å²) in [6.45, 7) is 0.118. The predicted molar refractivity (Wildman–Crippen MR) is 65.2 cm³/mol. The van der Waals surface area contributed by atoms with E-state index >= 15 is 0 Å². The molecule has 0 heterocycles. The highest BCUT2D eigenvalue weighted by molar-refractivity contribution is 5.55. The average Bonchev–Trinajstić information content (AvgIpc) is 2.81. The summed E-state index contributed by atoms with van der Waals surface area (Å²) in [5.41, 5.74) is 5.45. The Morgan fingerprint density at radius 2 is 1.89 bits per heavy atom. The molecule has 0 atom stereocenters. The van der Waals surface area contributed by atoms with Gasteiger partial charge >= 0.3 is 6.18 Å². The van der Waals surface area contributed by atoms with Gasteiger partial charge in [0.05, 0.1) is 5.56 Å². The van der Waals surface area contributed by atoms with Crippen LogP contribution < -0.4 is 11.1 Å². The predicted octanol–water partition coefficient (Wildman–Crippen LogP) is 3.52. The molecule has 2 nitrogen and oxygen atoms in total. The molecule has 0 aliphatic heterocycles. The van der Waals surface area contributed by atoms with Gasteiger partial charge in [-0.2, -0.15) is 13.2 Å². The standard InChI is InChI=1S/C13H17F3N2/c14-13(15,16)11-7-9(8-17)5-6-12(11)18-10-3-1-2-4-10/h5-7,10,18H,1-4,8,17H2. The number of hydrogen-bond donors (Lipinski definition) is 2. The van der Waals surface area contributed by atoms with Gasteiger partial charge in [0.15, 0.2) is 0 Å². The first-order valence-corrected chi connectivity index (χ1v) is 6.17. The lowest BCUT2D eigenvalue weighted by atomic mass is 10.1. The van der Waals surface area contributed by atoms with E-state index in [1.165, 1.54) is 6.07 Å². The van der Waals surface area contributed by atoms with E-state index in [2.05, 4.69) is 5.32 Å². The van der Waals surface area contributed by atoms with Gasteiger partial charge in [0.1, 0.15) is 0 Å². The highest BCUT2D eigenvalue weighted by atomic mass is 19.4. The number of rotatable bonds is 3. The van der Waals surface area contributed by atoms with Crippen molar-refractivity contribution in [3.05, 3.63) is 29.3 Å². The molecule has 0 saturated heterocycles. The molecule has 0 spiro atoms. The van der Waals surface area contributed by atoms with Crippen LogP contribution in [0, 0.1) is 0 Å². The summed E-state index contributed by atoms with van der Waals surface area (Å²) in [6, 6.07) is 4.43. The fraction of sp³-hybridized carbons (Fsp3) is 0.538. The van der Waals surface area contributed by atoms with Crippen LogP contribution in [0.15, 0.2) is 18.2 Å². The van der Waals surface area contributed by atoms with Crippen molar-refractivity contribution in [1.29, 1.82) is 0 Å². The van der Waals surface area contributed by atoms with Crippen molar-refractivity contribution in [1.82, 2.24) is 0 Å². The van der Waals surface area contributed by atoms with Gasteiger partial charge in [-0.25, -0.2) is 0 Å². The van der Waals surface area contributed by atoms with E-state index in [1.54, 1.807) is 6.07 Å². The molecule has 0 bridgehead atoms. The number of alkyl halides is 3. The molecule has 1 saturated carbocycles. The first kappa shape index (κ1) is 13.2. The highest BCUT2D eigenvalue weighted by Crippen LogP contribution is 2.36. The van der Waals surface area contributed by atoms with Gasteiger partial charge in [0.25, 0.3) is 0 Å². The molecule has 0 aromatic heterocycles. The average molecular weight is 258 g/mol. The minimum absolute atomic E-state index is 0.118. The summed E-state index contributed by atoms with van der Waals surface area (Å²) < 4.78 is 38.9. The van der Waals surface area contributed by atoms with E-state index in [4.69, 9.17) is 5.73 Å². The molecule has 1 aliphatic rings. The van der Waals surface area contributed by atoms with Crippen molar-refractivity contribution in [3.8, 4) is 0 Å². The van der Waals surface area contributed by atoms with E-state index < -0.39 is 11.7 Å². The molecule has 0 unspecified atom stereocenters. The topological polar surface area (TPSA) is 38.0 Å². The zero-order valence-electron chi connectivity index (χ0n) is 10.1. The largest absolute Gasteiger partial charge is 0.418 e. The van der Waals surface area contributed by atoms with E-state index in [-0.39, 0.29) is 18.3 Å². The van der Waals surface area contributed by atoms with Gasteiger partial charge < -0.3 is 11.1 Å². The SMILES string of the molecule is NCc1ccc(NC2CCCC2)c(C(F)(F)F)c1. The van der Waals surface area contributed by atoms with Crippen LogP contribution in [0.3, 0.4) is 0 Å². The smallest absolute Gasteiger partial charge is 0.382 e. The normalized spacial score (nSPS) is 17.1. The maximum atomic E-state index is 13.0. The quantitative estimate of drug-likeness (QED) is 0.870. The fourth-order valence-corrected chi connectivity index (χ4v) is 2.37. The van der Waals surface area contributed by atoms with Crippen LogP contribution in [0.25, 0.3) is 0 Å². The number of nitrogens with two attached hydrogens (primary N) is 1. The van der Waals surface area contributed by atoms with Crippen molar-refractivity contribution in [3.63, 3.8) is 0 Å². The lowest BCUT2D eigenvalue weighted by Gasteiger charge is -2.19. The number of nitrogens with one attached hydrogen (secondary N) is 1. The van der Waals surface area contributed by atoms with Crippen LogP contribution in [-0.2, 0) is 12.7 Å². The monoisotopic (exact) mass is 258 g/mol. The highest BCUT2D eigenvalue weighted by Gasteiger charge is 2.34. The second-order valence-electron chi connectivity index (χ2n) is 4.71. The second kappa shape index (κ2) is 5.18. The van der Waals surface area contributed by atoms with Gasteiger partial charge in [-0.3, -0.25) is 0 Å². The zero-order chi connectivity index (χ0) is 13.2. The van der Waals surface area contributed by atoms with Gasteiger partial charge in [-0.15, -0.1) is 0 Å². The lowest BCUT2D eigenvalue weighted by molar-refractivity contribution is -0.137. The number of benzene rings is 1. The summed E-state index contributed by atoms with van der Waals surface area (Å²) >= 11 is 0. The Balaban J connectivity index is 2.27. The maximum Gasteiger partial charge on any atom is 0.418 e. The third-order valence-electron chi connectivity index (χ3n) is 3.34. The number of halogens is 3. The Morgan fingerprint density at radius 1 is 1.22 bits per heavy atom. The second-order valence-corrected chi connectivity index (χ2v) is 4.71. The Morgan fingerprint density at radius 3 is 2.44 bits per heavy atom. The zero-order valence-corrected chi connectivity index (χ0v) is 10.1. The van der Waals surface area contributed by atoms with Crippen LogP contribution in [-0.4, -0.2) is 6.04 Å². The minimum atomic E-state index is -4.34. The third-order valence-corrected chi connectivity index (χ3v) is 3.34. The van der Waals surface area contributed by atoms with Gasteiger partial charge in [0.2, 0.25) is 0 Å². The van der Waals surface area contributed by atoms with E-state index in [9.17, 15) is 13.2 Å². The molecular formula is C13H17F3N2. The summed E-state index contributed by atoms with van der Waals surface area (Å²) in [6.07, 6.45) is -0.294. The molecule has 0 amide bonds. The van der Waals surface area contributed by atoms with Crippen LogP contribution in [0.2, 0.25) is 0 Å². The van der Waals surface area contributed by atoms with Crippen LogP contribution >= 0.6 is 0 Å². The van der Waals surface area contributed by atoms with E-state index in [1.807, 2.05) is 0 Å². The fourth-order valence-electron chi connectivity index (χ4n) is 2.37. The summed E-state index contributed by atoms with van der Waals surface area (Å²) in [5, 5.41) is 3.01. The molecule has 1 aliphatic carbocycles. The van der Waals surface area contributed by atoms with E-state index in [0.717, 1.165) is 31.7 Å². The molecule has 1 aromatic rings. The number of anilines is 1. The molecule has 2 rings (SSSR count). The molecule has 5 heteroatoms. The Hall–Kier alpha value is -1.23. The molecule has 100 valence electrons. The lowest BCUT2D eigenvalue weighted by Crippen LogP contribution is -2.19. The van der Waals surface area contributed by atoms with Crippen molar-refractivity contribution in [2.24, 2.45) is 5.73 Å². The van der Waals surface area contributed by atoms with Crippen molar-refractivity contribution in [2.75, 3.05) is 5.32 Å². The molecule has 18 heavy (non-hydrogen) atoms. The molecule has 3 N–H and O–H groups in total. The first-order valence-electron chi connectivity index (χ1n) is 6.17.